The van der Waals surface area contributed by atoms with Gasteiger partial charge in [0.15, 0.2) is 0 Å². The smallest absolute Gasteiger partial charge is 0.307 e. The second kappa shape index (κ2) is 4.93. The second-order valence-corrected chi connectivity index (χ2v) is 6.16. The molecule has 0 amide bonds. The van der Waals surface area contributed by atoms with Gasteiger partial charge in [-0.05, 0) is 38.5 Å². The molecule has 4 heteroatoms. The predicted octanol–water partition coefficient (Wildman–Crippen LogP) is 2.40. The first-order chi connectivity index (χ1) is 8.81. The highest BCUT2D eigenvalue weighted by atomic mass is 19.1. The van der Waals surface area contributed by atoms with Crippen LogP contribution in [0.25, 0.3) is 0 Å². The van der Waals surface area contributed by atoms with Crippen molar-refractivity contribution >= 4 is 5.97 Å². The standard InChI is InChI=1S/C15H20FNO2/c1-14(2,3)19-13(18)8-15(9-17-10-15)11-5-4-6-12(16)7-11/h4-7,17H,8-10H2,1-3H3. The van der Waals surface area contributed by atoms with Crippen LogP contribution in [0.1, 0.15) is 32.8 Å². The number of benzene rings is 1. The fourth-order valence-electron chi connectivity index (χ4n) is 2.33. The van der Waals surface area contributed by atoms with Gasteiger partial charge in [0.05, 0.1) is 6.42 Å². The van der Waals surface area contributed by atoms with Gasteiger partial charge in [-0.15, -0.1) is 0 Å². The Hall–Kier alpha value is -1.42. The number of hydrogen-bond donors (Lipinski definition) is 1. The van der Waals surface area contributed by atoms with Crippen LogP contribution in [0, 0.1) is 5.82 Å². The number of hydrogen-bond acceptors (Lipinski definition) is 3. The Labute approximate surface area is 113 Å². The molecule has 1 N–H and O–H groups in total. The summed E-state index contributed by atoms with van der Waals surface area (Å²) in [6.45, 7) is 6.89. The van der Waals surface area contributed by atoms with Crippen molar-refractivity contribution in [2.24, 2.45) is 0 Å². The number of carbonyl (C=O) groups excluding carboxylic acids is 1. The number of halogens is 1. The van der Waals surface area contributed by atoms with Crippen LogP contribution in [-0.2, 0) is 14.9 Å². The highest BCUT2D eigenvalue weighted by Crippen LogP contribution is 2.33. The Kier molecular flexibility index (Phi) is 3.63. The van der Waals surface area contributed by atoms with E-state index in [2.05, 4.69) is 5.32 Å². The minimum atomic E-state index is -0.489. The van der Waals surface area contributed by atoms with Crippen LogP contribution in [0.2, 0.25) is 0 Å². The zero-order valence-corrected chi connectivity index (χ0v) is 11.6. The SMILES string of the molecule is CC(C)(C)OC(=O)CC1(c2cccc(F)c2)CNC1. The molecule has 104 valence electrons. The molecule has 0 unspecified atom stereocenters. The third kappa shape index (κ3) is 3.32. The Balaban J connectivity index is 2.13. The molecule has 0 saturated carbocycles. The van der Waals surface area contributed by atoms with E-state index >= 15 is 0 Å². The van der Waals surface area contributed by atoms with Crippen LogP contribution in [0.4, 0.5) is 4.39 Å². The van der Waals surface area contributed by atoms with Gasteiger partial charge < -0.3 is 10.1 Å². The molecular formula is C15H20FNO2. The monoisotopic (exact) mass is 265 g/mol. The number of ether oxygens (including phenoxy) is 1. The van der Waals surface area contributed by atoms with Crippen molar-refractivity contribution in [1.29, 1.82) is 0 Å². The molecule has 0 spiro atoms. The average molecular weight is 265 g/mol. The van der Waals surface area contributed by atoms with Crippen molar-refractivity contribution in [3.8, 4) is 0 Å². The van der Waals surface area contributed by atoms with Gasteiger partial charge in [0, 0.05) is 18.5 Å². The van der Waals surface area contributed by atoms with Gasteiger partial charge in [0.25, 0.3) is 0 Å². The summed E-state index contributed by atoms with van der Waals surface area (Å²) in [6.07, 6.45) is 0.278. The molecule has 1 fully saturated rings. The molecule has 1 aromatic rings. The average Bonchev–Trinajstić information content (AvgIpc) is 2.21. The lowest BCUT2D eigenvalue weighted by Crippen LogP contribution is -2.58. The first-order valence-electron chi connectivity index (χ1n) is 6.49. The molecule has 0 aliphatic carbocycles. The van der Waals surface area contributed by atoms with Crippen molar-refractivity contribution in [3.63, 3.8) is 0 Å². The van der Waals surface area contributed by atoms with Gasteiger partial charge in [0.2, 0.25) is 0 Å². The largest absolute Gasteiger partial charge is 0.460 e. The summed E-state index contributed by atoms with van der Waals surface area (Å²) < 4.78 is 18.7. The maximum Gasteiger partial charge on any atom is 0.307 e. The van der Waals surface area contributed by atoms with Crippen molar-refractivity contribution in [3.05, 3.63) is 35.6 Å². The van der Waals surface area contributed by atoms with Crippen molar-refractivity contribution in [2.45, 2.75) is 38.2 Å². The fourth-order valence-corrected chi connectivity index (χ4v) is 2.33. The second-order valence-electron chi connectivity index (χ2n) is 6.16. The van der Waals surface area contributed by atoms with Crippen molar-refractivity contribution in [2.75, 3.05) is 13.1 Å². The third-order valence-electron chi connectivity index (χ3n) is 3.27. The van der Waals surface area contributed by atoms with Crippen molar-refractivity contribution in [1.82, 2.24) is 5.32 Å². The topological polar surface area (TPSA) is 38.3 Å². The van der Waals surface area contributed by atoms with E-state index in [1.807, 2.05) is 26.8 Å². The van der Waals surface area contributed by atoms with E-state index in [4.69, 9.17) is 4.74 Å². The minimum absolute atomic E-state index is 0.238. The van der Waals surface area contributed by atoms with Gasteiger partial charge in [-0.25, -0.2) is 4.39 Å². The number of esters is 1. The van der Waals surface area contributed by atoms with Gasteiger partial charge in [0.1, 0.15) is 11.4 Å². The molecule has 0 bridgehead atoms. The maximum absolute atomic E-state index is 13.3. The molecule has 1 saturated heterocycles. The van der Waals surface area contributed by atoms with Crippen molar-refractivity contribution < 1.29 is 13.9 Å². The molecule has 1 aliphatic heterocycles. The summed E-state index contributed by atoms with van der Waals surface area (Å²) in [6, 6.07) is 6.47. The van der Waals surface area contributed by atoms with Gasteiger partial charge in [-0.1, -0.05) is 12.1 Å². The zero-order chi connectivity index (χ0) is 14.1. The highest BCUT2D eigenvalue weighted by molar-refractivity contribution is 5.72. The number of carbonyl (C=O) groups is 1. The predicted molar refractivity (Wildman–Crippen MR) is 71.4 cm³/mol. The van der Waals surface area contributed by atoms with E-state index < -0.39 is 5.60 Å². The normalized spacial score (nSPS) is 17.7. The lowest BCUT2D eigenvalue weighted by atomic mass is 9.72. The quantitative estimate of drug-likeness (QED) is 0.853. The molecule has 1 heterocycles. The molecule has 0 radical (unpaired) electrons. The molecule has 0 atom stereocenters. The van der Waals surface area contributed by atoms with Crippen LogP contribution in [0.5, 0.6) is 0 Å². The molecule has 1 aromatic carbocycles. The Morgan fingerprint density at radius 2 is 2.11 bits per heavy atom. The number of rotatable bonds is 3. The summed E-state index contributed by atoms with van der Waals surface area (Å²) in [5, 5.41) is 3.16. The Bertz CT molecular complexity index is 475. The fraction of sp³-hybridized carbons (Fsp3) is 0.533. The molecule has 3 nitrogen and oxygen atoms in total. The van der Waals surface area contributed by atoms with Gasteiger partial charge >= 0.3 is 5.97 Å². The summed E-state index contributed by atoms with van der Waals surface area (Å²) >= 11 is 0. The minimum Gasteiger partial charge on any atom is -0.460 e. The van der Waals surface area contributed by atoms with E-state index in [0.29, 0.717) is 13.1 Å². The van der Waals surface area contributed by atoms with E-state index in [0.717, 1.165) is 5.56 Å². The van der Waals surface area contributed by atoms with Crippen LogP contribution in [-0.4, -0.2) is 24.7 Å². The maximum atomic E-state index is 13.3. The number of nitrogens with one attached hydrogen (secondary N) is 1. The summed E-state index contributed by atoms with van der Waals surface area (Å²) in [4.78, 5) is 12.0. The van der Waals surface area contributed by atoms with E-state index in [9.17, 15) is 9.18 Å². The summed E-state index contributed by atoms with van der Waals surface area (Å²) in [7, 11) is 0. The first kappa shape index (κ1) is 14.0. The molecule has 19 heavy (non-hydrogen) atoms. The third-order valence-corrected chi connectivity index (χ3v) is 3.27. The molecule has 2 rings (SSSR count). The molecule has 1 aliphatic rings. The van der Waals surface area contributed by atoms with Crippen LogP contribution >= 0.6 is 0 Å². The van der Waals surface area contributed by atoms with E-state index in [1.54, 1.807) is 6.07 Å². The first-order valence-corrected chi connectivity index (χ1v) is 6.49. The summed E-state index contributed by atoms with van der Waals surface area (Å²) in [5.41, 5.74) is 0.0408. The van der Waals surface area contributed by atoms with Crippen LogP contribution in [0.3, 0.4) is 0 Å². The Morgan fingerprint density at radius 1 is 1.42 bits per heavy atom. The summed E-state index contributed by atoms with van der Waals surface area (Å²) in [5.74, 6) is -0.508. The Morgan fingerprint density at radius 3 is 2.58 bits per heavy atom. The van der Waals surface area contributed by atoms with Crippen LogP contribution < -0.4 is 5.32 Å². The van der Waals surface area contributed by atoms with E-state index in [1.165, 1.54) is 12.1 Å². The molecule has 0 aromatic heterocycles. The van der Waals surface area contributed by atoms with E-state index in [-0.39, 0.29) is 23.6 Å². The lowest BCUT2D eigenvalue weighted by molar-refractivity contribution is -0.157. The van der Waals surface area contributed by atoms with Crippen LogP contribution in [0.15, 0.2) is 24.3 Å². The molecular weight excluding hydrogens is 245 g/mol. The highest BCUT2D eigenvalue weighted by Gasteiger charge is 2.41. The van der Waals surface area contributed by atoms with Gasteiger partial charge in [-0.3, -0.25) is 4.79 Å². The van der Waals surface area contributed by atoms with Gasteiger partial charge in [-0.2, -0.15) is 0 Å². The zero-order valence-electron chi connectivity index (χ0n) is 11.6. The lowest BCUT2D eigenvalue weighted by Gasteiger charge is -2.43.